The monoisotopic (exact) mass is 507 g/mol. The fraction of sp³-hybridized carbons (Fsp3) is 0. The van der Waals surface area contributed by atoms with E-state index in [1.807, 2.05) is 66.7 Å². The summed E-state index contributed by atoms with van der Waals surface area (Å²) in [6.07, 6.45) is 0. The fourth-order valence-corrected chi connectivity index (χ4v) is 5.76. The number of aromatic nitrogens is 1. The molecule has 0 aliphatic rings. The number of nitrogens with zero attached hydrogens (tertiary/aromatic N) is 1. The maximum Gasteiger partial charge on any atom is 0.159 e. The van der Waals surface area contributed by atoms with E-state index in [1.165, 1.54) is 4.57 Å². The normalized spacial score (nSPS) is 15.0. The summed E-state index contributed by atoms with van der Waals surface area (Å²) in [7, 11) is 0. The van der Waals surface area contributed by atoms with Gasteiger partial charge in [-0.2, -0.15) is 0 Å². The van der Waals surface area contributed by atoms with Gasteiger partial charge in [-0.15, -0.1) is 0 Å². The smallest absolute Gasteiger partial charge is 0.159 e. The Morgan fingerprint density at radius 1 is 0.513 bits per heavy atom. The Hall–Kier alpha value is -5.28. The van der Waals surface area contributed by atoms with Crippen LogP contribution in [0.25, 0.3) is 82.5 Å². The molecule has 0 aliphatic carbocycles. The number of fused-ring (bicyclic) bond motifs is 9. The van der Waals surface area contributed by atoms with Crippen molar-refractivity contribution in [2.75, 3.05) is 0 Å². The first-order valence-corrected chi connectivity index (χ1v) is 12.5. The van der Waals surface area contributed by atoms with E-state index in [-0.39, 0.29) is 46.0 Å². The van der Waals surface area contributed by atoms with E-state index in [4.69, 9.17) is 19.8 Å². The SMILES string of the molecule is [2H]c1c([2H])c([2H])c2c(c1[2H])c1c([2H])c([2H])c([2H])c([2H])c1n2-c1cccc2c1oc1ccc(-c3cccc4c3oc3ccccc34)cc12. The molecular formula is C36H21NO2. The van der Waals surface area contributed by atoms with Crippen molar-refractivity contribution in [2.45, 2.75) is 0 Å². The van der Waals surface area contributed by atoms with Gasteiger partial charge in [0.05, 0.1) is 27.7 Å². The van der Waals surface area contributed by atoms with E-state index in [0.29, 0.717) is 16.9 Å². The predicted molar refractivity (Wildman–Crippen MR) is 161 cm³/mol. The zero-order chi connectivity index (χ0) is 32.5. The van der Waals surface area contributed by atoms with Gasteiger partial charge in [-0.3, -0.25) is 0 Å². The summed E-state index contributed by atoms with van der Waals surface area (Å²) in [5.74, 6) is 0. The molecule has 0 saturated heterocycles. The number of furan rings is 2. The predicted octanol–water partition coefficient (Wildman–Crippen LogP) is 10.2. The standard InChI is InChI=1S/C36H21NO2/c1-4-15-30-24(9-1)25-10-2-5-16-31(25)37(30)32-17-8-14-28-29-21-22(19-20-34(29)39-36(28)32)23-12-7-13-27-26-11-3-6-18-33(26)38-35(23)27/h1-21H/i1D,2D,4D,5D,9D,10D,15D,16D. The van der Waals surface area contributed by atoms with Crippen molar-refractivity contribution in [1.29, 1.82) is 0 Å². The van der Waals surface area contributed by atoms with E-state index in [9.17, 15) is 0 Å². The van der Waals surface area contributed by atoms with Gasteiger partial charge in [0.2, 0.25) is 0 Å². The third-order valence-corrected chi connectivity index (χ3v) is 7.46. The van der Waals surface area contributed by atoms with Crippen LogP contribution in [0.5, 0.6) is 0 Å². The average molecular weight is 508 g/mol. The van der Waals surface area contributed by atoms with Crippen LogP contribution < -0.4 is 0 Å². The number of hydrogen-bond donors (Lipinski definition) is 0. The third-order valence-electron chi connectivity index (χ3n) is 7.46. The molecule has 0 spiro atoms. The molecule has 0 radical (unpaired) electrons. The number of hydrogen-bond acceptors (Lipinski definition) is 2. The van der Waals surface area contributed by atoms with E-state index in [0.717, 1.165) is 43.8 Å². The summed E-state index contributed by atoms with van der Waals surface area (Å²) in [5, 5.41) is 3.62. The topological polar surface area (TPSA) is 31.2 Å². The van der Waals surface area contributed by atoms with Crippen molar-refractivity contribution in [3.8, 4) is 16.8 Å². The Bertz CT molecular complexity index is 2770. The Balaban J connectivity index is 1.37. The fourth-order valence-electron chi connectivity index (χ4n) is 5.76. The van der Waals surface area contributed by atoms with Gasteiger partial charge in [0.15, 0.2) is 5.58 Å². The lowest BCUT2D eigenvalue weighted by molar-refractivity contribution is 0.666. The molecule has 9 rings (SSSR count). The number of rotatable bonds is 2. The second kappa shape index (κ2) is 7.62. The van der Waals surface area contributed by atoms with Crippen LogP contribution in [-0.4, -0.2) is 4.57 Å². The Kier molecular flexibility index (Phi) is 2.85. The quantitative estimate of drug-likeness (QED) is 0.233. The summed E-state index contributed by atoms with van der Waals surface area (Å²) < 4.78 is 83.0. The zero-order valence-corrected chi connectivity index (χ0v) is 20.3. The molecule has 0 saturated carbocycles. The van der Waals surface area contributed by atoms with Crippen LogP contribution in [0.2, 0.25) is 0 Å². The first-order chi connectivity index (χ1) is 22.7. The average Bonchev–Trinajstić information content (AvgIpc) is 3.77. The number of para-hydroxylation sites is 5. The van der Waals surface area contributed by atoms with Crippen LogP contribution >= 0.6 is 0 Å². The highest BCUT2D eigenvalue weighted by atomic mass is 16.3. The van der Waals surface area contributed by atoms with Gasteiger partial charge in [0.25, 0.3) is 0 Å². The van der Waals surface area contributed by atoms with Crippen LogP contribution in [0.4, 0.5) is 0 Å². The minimum absolute atomic E-state index is 0.0207. The molecule has 0 aliphatic heterocycles. The van der Waals surface area contributed by atoms with Gasteiger partial charge >= 0.3 is 0 Å². The van der Waals surface area contributed by atoms with Gasteiger partial charge in [-0.05, 0) is 41.9 Å². The maximum atomic E-state index is 8.87. The highest BCUT2D eigenvalue weighted by molar-refractivity contribution is 6.14. The van der Waals surface area contributed by atoms with Gasteiger partial charge in [0.1, 0.15) is 16.7 Å². The molecule has 0 amide bonds. The largest absolute Gasteiger partial charge is 0.455 e. The maximum absolute atomic E-state index is 8.87. The second-order valence-electron chi connectivity index (χ2n) is 9.53. The van der Waals surface area contributed by atoms with Crippen LogP contribution in [0.1, 0.15) is 11.0 Å². The van der Waals surface area contributed by atoms with Crippen LogP contribution in [-0.2, 0) is 0 Å². The summed E-state index contributed by atoms with van der Waals surface area (Å²) >= 11 is 0. The van der Waals surface area contributed by atoms with Crippen LogP contribution in [0.3, 0.4) is 0 Å². The van der Waals surface area contributed by atoms with E-state index < -0.39 is 24.2 Å². The van der Waals surface area contributed by atoms with Crippen LogP contribution in [0, 0.1) is 0 Å². The zero-order valence-electron chi connectivity index (χ0n) is 28.3. The molecule has 3 aromatic heterocycles. The van der Waals surface area contributed by atoms with Gasteiger partial charge in [-0.1, -0.05) is 90.9 Å². The van der Waals surface area contributed by atoms with Crippen molar-refractivity contribution in [2.24, 2.45) is 0 Å². The molecule has 39 heavy (non-hydrogen) atoms. The summed E-state index contributed by atoms with van der Waals surface area (Å²) in [4.78, 5) is 0. The van der Waals surface area contributed by atoms with E-state index >= 15 is 0 Å². The van der Waals surface area contributed by atoms with Crippen molar-refractivity contribution >= 4 is 65.7 Å². The number of benzene rings is 6. The van der Waals surface area contributed by atoms with Crippen molar-refractivity contribution in [3.63, 3.8) is 0 Å². The molecule has 3 nitrogen and oxygen atoms in total. The third kappa shape index (κ3) is 2.82. The summed E-state index contributed by atoms with van der Waals surface area (Å²) in [5.41, 5.74) is 4.86. The minimum Gasteiger partial charge on any atom is -0.455 e. The highest BCUT2D eigenvalue weighted by Gasteiger charge is 2.18. The first kappa shape index (κ1) is 14.6. The van der Waals surface area contributed by atoms with Gasteiger partial charge < -0.3 is 13.4 Å². The highest BCUT2D eigenvalue weighted by Crippen LogP contribution is 2.41. The Labute approximate surface area is 234 Å². The molecule has 0 bridgehead atoms. The molecule has 182 valence electrons. The molecule has 6 aromatic carbocycles. The lowest BCUT2D eigenvalue weighted by atomic mass is 10.0. The Morgan fingerprint density at radius 2 is 1.15 bits per heavy atom. The molecule has 3 heterocycles. The molecule has 0 unspecified atom stereocenters. The first-order valence-electron chi connectivity index (χ1n) is 16.5. The molecule has 0 N–H and O–H groups in total. The van der Waals surface area contributed by atoms with Gasteiger partial charge in [-0.25, -0.2) is 0 Å². The van der Waals surface area contributed by atoms with Gasteiger partial charge in [0, 0.05) is 37.9 Å². The second-order valence-corrected chi connectivity index (χ2v) is 9.53. The van der Waals surface area contributed by atoms with Crippen molar-refractivity contribution in [1.82, 2.24) is 4.57 Å². The molecular weight excluding hydrogens is 478 g/mol. The lowest BCUT2D eigenvalue weighted by Gasteiger charge is -2.08. The van der Waals surface area contributed by atoms with E-state index in [2.05, 4.69) is 0 Å². The molecule has 3 heteroatoms. The van der Waals surface area contributed by atoms with Crippen molar-refractivity contribution < 1.29 is 19.8 Å². The Morgan fingerprint density at radius 3 is 1.97 bits per heavy atom. The summed E-state index contributed by atoms with van der Waals surface area (Å²) in [6, 6.07) is 21.9. The van der Waals surface area contributed by atoms with Crippen LogP contribution in [0.15, 0.2) is 136 Å². The van der Waals surface area contributed by atoms with Crippen molar-refractivity contribution in [3.05, 3.63) is 127 Å². The van der Waals surface area contributed by atoms with E-state index in [1.54, 1.807) is 12.1 Å². The lowest BCUT2D eigenvalue weighted by Crippen LogP contribution is -1.93. The molecule has 0 atom stereocenters. The summed E-state index contributed by atoms with van der Waals surface area (Å²) in [6.45, 7) is 0. The molecule has 0 fully saturated rings. The molecule has 9 aromatic rings. The minimum atomic E-state index is -0.483.